The molecule has 0 aliphatic rings. The van der Waals surface area contributed by atoms with Crippen LogP contribution in [-0.4, -0.2) is 33.9 Å². The Morgan fingerprint density at radius 3 is 2.32 bits per heavy atom. The number of carbonyl (C=O) groups excluding carboxylic acids is 2. The summed E-state index contributed by atoms with van der Waals surface area (Å²) in [5.74, 6) is -1.33. The van der Waals surface area contributed by atoms with Crippen LogP contribution in [0.25, 0.3) is 0 Å². The van der Waals surface area contributed by atoms with Gasteiger partial charge in [-0.05, 0) is 5.92 Å². The second-order valence-corrected chi connectivity index (χ2v) is 4.06. The van der Waals surface area contributed by atoms with Crippen LogP contribution in [0.3, 0.4) is 0 Å². The first-order valence-corrected chi connectivity index (χ1v) is 5.50. The number of aromatic hydroxyl groups is 2. The van der Waals surface area contributed by atoms with Crippen LogP contribution < -0.4 is 4.84 Å². The van der Waals surface area contributed by atoms with Gasteiger partial charge in [-0.2, -0.15) is 0 Å². The average Bonchev–Trinajstić information content (AvgIpc) is 2.59. The third-order valence-electron chi connectivity index (χ3n) is 1.94. The zero-order valence-corrected chi connectivity index (χ0v) is 10.5. The molecule has 106 valence electrons. The van der Waals surface area contributed by atoms with Gasteiger partial charge in [0.1, 0.15) is 0 Å². The van der Waals surface area contributed by atoms with E-state index in [1.165, 1.54) is 0 Å². The van der Waals surface area contributed by atoms with Gasteiger partial charge in [-0.3, -0.25) is 9.63 Å². The summed E-state index contributed by atoms with van der Waals surface area (Å²) in [7, 11) is 0. The van der Waals surface area contributed by atoms with E-state index in [0.29, 0.717) is 4.73 Å². The van der Waals surface area contributed by atoms with Gasteiger partial charge in [-0.1, -0.05) is 13.8 Å². The fourth-order valence-corrected chi connectivity index (χ4v) is 1.13. The van der Waals surface area contributed by atoms with Crippen LogP contribution in [0.1, 0.15) is 20.3 Å². The number of rotatable bonds is 5. The molecule has 0 fully saturated rings. The fourth-order valence-electron chi connectivity index (χ4n) is 1.13. The number of hydrogen-bond donors (Lipinski definition) is 2. The molecule has 0 aliphatic heterocycles. The first kappa shape index (κ1) is 14.7. The molecule has 1 heterocycles. The molecule has 0 unspecified atom stereocenters. The van der Waals surface area contributed by atoms with E-state index in [4.69, 9.17) is 0 Å². The van der Waals surface area contributed by atoms with Crippen molar-refractivity contribution in [3.63, 3.8) is 0 Å². The van der Waals surface area contributed by atoms with Crippen LogP contribution in [0.2, 0.25) is 0 Å². The average molecular weight is 273 g/mol. The highest BCUT2D eigenvalue weighted by atomic mass is 16.8. The molecule has 2 N–H and O–H groups in total. The van der Waals surface area contributed by atoms with Gasteiger partial charge in [0.05, 0.1) is 0 Å². The third kappa shape index (κ3) is 4.78. The van der Waals surface area contributed by atoms with Gasteiger partial charge in [-0.15, -0.1) is 4.73 Å². The first-order valence-electron chi connectivity index (χ1n) is 5.50. The van der Waals surface area contributed by atoms with Crippen molar-refractivity contribution in [1.29, 1.82) is 0 Å². The highest BCUT2D eigenvalue weighted by Crippen LogP contribution is 2.18. The van der Waals surface area contributed by atoms with E-state index < -0.39 is 30.7 Å². The molecule has 0 saturated heterocycles. The molecule has 8 heteroatoms. The van der Waals surface area contributed by atoms with Crippen LogP contribution in [-0.2, 0) is 14.3 Å². The number of aromatic nitrogens is 1. The van der Waals surface area contributed by atoms with Gasteiger partial charge in [0.15, 0.2) is 0 Å². The van der Waals surface area contributed by atoms with Crippen molar-refractivity contribution in [1.82, 2.24) is 4.73 Å². The van der Waals surface area contributed by atoms with Crippen LogP contribution in [0.15, 0.2) is 12.1 Å². The lowest BCUT2D eigenvalue weighted by atomic mass is 10.1. The Morgan fingerprint density at radius 1 is 1.21 bits per heavy atom. The summed E-state index contributed by atoms with van der Waals surface area (Å²) < 4.78 is 9.49. The number of hydrogen-bond acceptors (Lipinski definition) is 7. The predicted molar refractivity (Wildman–Crippen MR) is 61.2 cm³/mol. The monoisotopic (exact) mass is 273 g/mol. The number of esters is 1. The summed E-state index contributed by atoms with van der Waals surface area (Å²) in [5, 5.41) is 18.4. The summed E-state index contributed by atoms with van der Waals surface area (Å²) in [6.07, 6.45) is -1.03. The van der Waals surface area contributed by atoms with Gasteiger partial charge in [-0.25, -0.2) is 4.79 Å². The maximum Gasteiger partial charge on any atom is 0.536 e. The summed E-state index contributed by atoms with van der Waals surface area (Å²) in [4.78, 5) is 26.7. The third-order valence-corrected chi connectivity index (χ3v) is 1.94. The van der Waals surface area contributed by atoms with Crippen molar-refractivity contribution in [3.05, 3.63) is 12.1 Å². The second-order valence-electron chi connectivity index (χ2n) is 4.06. The number of carbonyl (C=O) groups is 2. The number of ether oxygens (including phenoxy) is 2. The minimum atomic E-state index is -1.24. The Hall–Kier alpha value is -2.38. The topological polar surface area (TPSA) is 107 Å². The van der Waals surface area contributed by atoms with E-state index in [1.54, 1.807) is 0 Å². The Kier molecular flexibility index (Phi) is 5.04. The molecule has 1 aromatic rings. The molecular weight excluding hydrogens is 258 g/mol. The smallest absolute Gasteiger partial charge is 0.492 e. The van der Waals surface area contributed by atoms with Crippen molar-refractivity contribution in [2.75, 3.05) is 6.79 Å². The normalized spacial score (nSPS) is 10.3. The van der Waals surface area contributed by atoms with Gasteiger partial charge < -0.3 is 19.7 Å². The van der Waals surface area contributed by atoms with Crippen molar-refractivity contribution < 1.29 is 34.1 Å². The molecule has 8 nitrogen and oxygen atoms in total. The maximum absolute atomic E-state index is 11.1. The van der Waals surface area contributed by atoms with Crippen LogP contribution in [0.4, 0.5) is 4.79 Å². The molecule has 0 aromatic carbocycles. The highest BCUT2D eigenvalue weighted by Gasteiger charge is 2.14. The minimum absolute atomic E-state index is 0.133. The van der Waals surface area contributed by atoms with E-state index in [9.17, 15) is 19.8 Å². The summed E-state index contributed by atoms with van der Waals surface area (Å²) in [5.41, 5.74) is 0. The van der Waals surface area contributed by atoms with Crippen LogP contribution in [0, 0.1) is 5.92 Å². The molecular formula is C11H15NO7. The Labute approximate surface area is 109 Å². The predicted octanol–water partition coefficient (Wildman–Crippen LogP) is 1.01. The lowest BCUT2D eigenvalue weighted by Gasteiger charge is -2.08. The Balaban J connectivity index is 2.31. The molecule has 0 saturated carbocycles. The SMILES string of the molecule is CC(C)CC(=O)OCOC(=O)On1c(O)ccc1O. The van der Waals surface area contributed by atoms with Crippen LogP contribution in [0.5, 0.6) is 11.8 Å². The quantitative estimate of drug-likeness (QED) is 0.609. The lowest BCUT2D eigenvalue weighted by Crippen LogP contribution is -2.22. The Morgan fingerprint density at radius 2 is 1.79 bits per heavy atom. The number of nitrogens with zero attached hydrogens (tertiary/aromatic N) is 1. The summed E-state index contributed by atoms with van der Waals surface area (Å²) in [6.45, 7) is 3.08. The van der Waals surface area contributed by atoms with E-state index in [1.807, 2.05) is 13.8 Å². The minimum Gasteiger partial charge on any atom is -0.492 e. The zero-order valence-electron chi connectivity index (χ0n) is 10.5. The fraction of sp³-hybridized carbons (Fsp3) is 0.455. The summed E-state index contributed by atoms with van der Waals surface area (Å²) >= 11 is 0. The van der Waals surface area contributed by atoms with Crippen LogP contribution >= 0.6 is 0 Å². The van der Waals surface area contributed by atoms with Crippen molar-refractivity contribution >= 4 is 12.1 Å². The van der Waals surface area contributed by atoms with E-state index in [-0.39, 0.29) is 12.3 Å². The molecule has 1 aromatic heterocycles. The molecule has 0 radical (unpaired) electrons. The molecule has 0 atom stereocenters. The summed E-state index contributed by atoms with van der Waals surface area (Å²) in [6, 6.07) is 2.23. The molecule has 0 aliphatic carbocycles. The largest absolute Gasteiger partial charge is 0.536 e. The molecule has 0 spiro atoms. The van der Waals surface area contributed by atoms with Gasteiger partial charge in [0, 0.05) is 18.6 Å². The highest BCUT2D eigenvalue weighted by molar-refractivity contribution is 5.69. The molecule has 19 heavy (non-hydrogen) atoms. The van der Waals surface area contributed by atoms with Gasteiger partial charge in [0.25, 0.3) is 0 Å². The Bertz CT molecular complexity index is 432. The van der Waals surface area contributed by atoms with Gasteiger partial charge >= 0.3 is 12.1 Å². The van der Waals surface area contributed by atoms with Crippen molar-refractivity contribution in [2.45, 2.75) is 20.3 Å². The standard InChI is InChI=1S/C11H15NO7/c1-7(2)5-10(15)17-6-18-11(16)19-12-8(13)3-4-9(12)14/h3-4,7,13-14H,5-6H2,1-2H3. The van der Waals surface area contributed by atoms with Crippen molar-refractivity contribution in [3.8, 4) is 11.8 Å². The van der Waals surface area contributed by atoms with E-state index in [2.05, 4.69) is 14.3 Å². The van der Waals surface area contributed by atoms with Crippen molar-refractivity contribution in [2.24, 2.45) is 5.92 Å². The maximum atomic E-state index is 11.1. The lowest BCUT2D eigenvalue weighted by molar-refractivity contribution is -0.154. The second kappa shape index (κ2) is 6.53. The molecule has 0 bridgehead atoms. The van der Waals surface area contributed by atoms with E-state index in [0.717, 1.165) is 12.1 Å². The molecule has 0 amide bonds. The first-order chi connectivity index (χ1) is 8.90. The van der Waals surface area contributed by atoms with E-state index >= 15 is 0 Å². The zero-order chi connectivity index (χ0) is 14.4. The molecule has 1 rings (SSSR count). The van der Waals surface area contributed by atoms with Gasteiger partial charge in [0.2, 0.25) is 18.6 Å².